The fourth-order valence-electron chi connectivity index (χ4n) is 1.95. The third-order valence-corrected chi connectivity index (χ3v) is 3.20. The lowest BCUT2D eigenvalue weighted by Gasteiger charge is -2.13. The molecule has 124 valence electrons. The molecule has 0 aliphatic heterocycles. The van der Waals surface area contributed by atoms with E-state index in [1.807, 2.05) is 30.3 Å². The van der Waals surface area contributed by atoms with Gasteiger partial charge in [0.2, 0.25) is 5.91 Å². The summed E-state index contributed by atoms with van der Waals surface area (Å²) in [5.74, 6) is 0.851. The van der Waals surface area contributed by atoms with Crippen molar-refractivity contribution in [1.29, 1.82) is 0 Å². The standard InChI is InChI=1S/C17H28N2O3/c1-2-3-5-10-17(21)19-12-11-18-13-15(20)14-22-16-8-6-4-7-9-16/h4,6-9,15,18,20H,2-3,5,10-14H2,1H3,(H,19,21)/t15-/m1/s1. The van der Waals surface area contributed by atoms with Gasteiger partial charge < -0.3 is 20.5 Å². The molecular formula is C17H28N2O3. The molecule has 0 fully saturated rings. The first-order valence-electron chi connectivity index (χ1n) is 8.05. The number of ether oxygens (including phenoxy) is 1. The van der Waals surface area contributed by atoms with Crippen LogP contribution < -0.4 is 15.4 Å². The molecule has 0 heterocycles. The zero-order valence-corrected chi connectivity index (χ0v) is 13.4. The van der Waals surface area contributed by atoms with E-state index < -0.39 is 6.10 Å². The van der Waals surface area contributed by atoms with E-state index in [9.17, 15) is 9.90 Å². The third kappa shape index (κ3) is 9.37. The van der Waals surface area contributed by atoms with Crippen LogP contribution in [0.15, 0.2) is 30.3 Å². The van der Waals surface area contributed by atoms with Crippen LogP contribution in [0.3, 0.4) is 0 Å². The Hall–Kier alpha value is -1.59. The molecule has 0 spiro atoms. The van der Waals surface area contributed by atoms with E-state index in [1.54, 1.807) is 0 Å². The molecule has 1 rings (SSSR count). The van der Waals surface area contributed by atoms with Crippen molar-refractivity contribution in [3.8, 4) is 5.75 Å². The van der Waals surface area contributed by atoms with E-state index in [0.29, 0.717) is 26.1 Å². The second kappa shape index (κ2) is 12.0. The first kappa shape index (κ1) is 18.5. The Kier molecular flexibility index (Phi) is 10.1. The van der Waals surface area contributed by atoms with Gasteiger partial charge in [0.05, 0.1) is 0 Å². The Bertz CT molecular complexity index is 398. The number of hydrogen-bond acceptors (Lipinski definition) is 4. The molecule has 0 radical (unpaired) electrons. The Morgan fingerprint density at radius 3 is 2.73 bits per heavy atom. The Morgan fingerprint density at radius 1 is 1.23 bits per heavy atom. The van der Waals surface area contributed by atoms with Gasteiger partial charge in [0.1, 0.15) is 18.5 Å². The molecule has 0 aromatic heterocycles. The molecule has 22 heavy (non-hydrogen) atoms. The lowest BCUT2D eigenvalue weighted by atomic mass is 10.2. The number of amides is 1. The second-order valence-corrected chi connectivity index (χ2v) is 5.29. The fraction of sp³-hybridized carbons (Fsp3) is 0.588. The van der Waals surface area contributed by atoms with Crippen molar-refractivity contribution in [2.24, 2.45) is 0 Å². The third-order valence-electron chi connectivity index (χ3n) is 3.20. The number of hydrogen-bond donors (Lipinski definition) is 3. The van der Waals surface area contributed by atoms with Crippen LogP contribution >= 0.6 is 0 Å². The molecule has 0 unspecified atom stereocenters. The molecule has 1 aromatic carbocycles. The van der Waals surface area contributed by atoms with Crippen LogP contribution in [-0.2, 0) is 4.79 Å². The van der Waals surface area contributed by atoms with E-state index in [4.69, 9.17) is 4.74 Å². The van der Waals surface area contributed by atoms with Crippen LogP contribution in [0.2, 0.25) is 0 Å². The Labute approximate surface area is 133 Å². The number of nitrogens with one attached hydrogen (secondary N) is 2. The molecule has 0 bridgehead atoms. The quantitative estimate of drug-likeness (QED) is 0.514. The van der Waals surface area contributed by atoms with Crippen LogP contribution in [0, 0.1) is 0 Å². The molecular weight excluding hydrogens is 280 g/mol. The molecule has 1 atom stereocenters. The fourth-order valence-corrected chi connectivity index (χ4v) is 1.95. The highest BCUT2D eigenvalue weighted by atomic mass is 16.5. The molecule has 1 amide bonds. The molecule has 1 aromatic rings. The summed E-state index contributed by atoms with van der Waals surface area (Å²) in [6.45, 7) is 4.03. The molecule has 5 heteroatoms. The summed E-state index contributed by atoms with van der Waals surface area (Å²) in [7, 11) is 0. The second-order valence-electron chi connectivity index (χ2n) is 5.29. The van der Waals surface area contributed by atoms with Crippen molar-refractivity contribution in [2.45, 2.75) is 38.7 Å². The highest BCUT2D eigenvalue weighted by Crippen LogP contribution is 2.08. The zero-order chi connectivity index (χ0) is 16.0. The summed E-state index contributed by atoms with van der Waals surface area (Å²) in [4.78, 5) is 11.5. The van der Waals surface area contributed by atoms with Crippen LogP contribution in [0.5, 0.6) is 5.75 Å². The van der Waals surface area contributed by atoms with Crippen LogP contribution in [-0.4, -0.2) is 43.4 Å². The minimum absolute atomic E-state index is 0.100. The van der Waals surface area contributed by atoms with E-state index in [-0.39, 0.29) is 12.5 Å². The minimum Gasteiger partial charge on any atom is -0.491 e. The molecule has 0 aliphatic rings. The normalized spacial score (nSPS) is 11.9. The smallest absolute Gasteiger partial charge is 0.220 e. The van der Waals surface area contributed by atoms with Gasteiger partial charge in [0.15, 0.2) is 0 Å². The summed E-state index contributed by atoms with van der Waals surface area (Å²) in [6, 6.07) is 9.41. The van der Waals surface area contributed by atoms with Gasteiger partial charge in [-0.2, -0.15) is 0 Å². The number of aliphatic hydroxyl groups is 1. The first-order valence-corrected chi connectivity index (χ1v) is 8.05. The molecule has 3 N–H and O–H groups in total. The number of para-hydroxylation sites is 1. The number of carbonyl (C=O) groups is 1. The van der Waals surface area contributed by atoms with E-state index in [0.717, 1.165) is 25.0 Å². The maximum Gasteiger partial charge on any atom is 0.220 e. The summed E-state index contributed by atoms with van der Waals surface area (Å²) in [5, 5.41) is 15.7. The van der Waals surface area contributed by atoms with Crippen LogP contribution in [0.25, 0.3) is 0 Å². The van der Waals surface area contributed by atoms with E-state index >= 15 is 0 Å². The number of benzene rings is 1. The predicted molar refractivity (Wildman–Crippen MR) is 88.0 cm³/mol. The van der Waals surface area contributed by atoms with E-state index in [2.05, 4.69) is 17.6 Å². The first-order chi connectivity index (χ1) is 10.7. The van der Waals surface area contributed by atoms with Crippen molar-refractivity contribution in [3.05, 3.63) is 30.3 Å². The monoisotopic (exact) mass is 308 g/mol. The van der Waals surface area contributed by atoms with Crippen LogP contribution in [0.1, 0.15) is 32.6 Å². The largest absolute Gasteiger partial charge is 0.491 e. The number of carbonyl (C=O) groups excluding carboxylic acids is 1. The maximum atomic E-state index is 11.5. The Balaban J connectivity index is 1.96. The number of rotatable bonds is 12. The highest BCUT2D eigenvalue weighted by Gasteiger charge is 2.05. The summed E-state index contributed by atoms with van der Waals surface area (Å²) < 4.78 is 5.46. The van der Waals surface area contributed by atoms with Crippen molar-refractivity contribution in [3.63, 3.8) is 0 Å². The SMILES string of the molecule is CCCCCC(=O)NCCNC[C@@H](O)COc1ccccc1. The number of aliphatic hydroxyl groups excluding tert-OH is 1. The van der Waals surface area contributed by atoms with Gasteiger partial charge in [-0.1, -0.05) is 38.0 Å². The summed E-state index contributed by atoms with van der Waals surface area (Å²) in [5.41, 5.74) is 0. The highest BCUT2D eigenvalue weighted by molar-refractivity contribution is 5.75. The van der Waals surface area contributed by atoms with Gasteiger partial charge in [0, 0.05) is 26.1 Å². The molecule has 5 nitrogen and oxygen atoms in total. The van der Waals surface area contributed by atoms with Gasteiger partial charge in [-0.25, -0.2) is 0 Å². The molecule has 0 saturated heterocycles. The summed E-state index contributed by atoms with van der Waals surface area (Å²) >= 11 is 0. The summed E-state index contributed by atoms with van der Waals surface area (Å²) in [6.07, 6.45) is 3.20. The zero-order valence-electron chi connectivity index (χ0n) is 13.4. The Morgan fingerprint density at radius 2 is 2.00 bits per heavy atom. The molecule has 0 saturated carbocycles. The van der Waals surface area contributed by atoms with Crippen LogP contribution in [0.4, 0.5) is 0 Å². The van der Waals surface area contributed by atoms with Gasteiger partial charge in [-0.05, 0) is 18.6 Å². The van der Waals surface area contributed by atoms with Gasteiger partial charge in [-0.3, -0.25) is 4.79 Å². The van der Waals surface area contributed by atoms with Gasteiger partial charge in [-0.15, -0.1) is 0 Å². The average Bonchev–Trinajstić information content (AvgIpc) is 2.54. The lowest BCUT2D eigenvalue weighted by molar-refractivity contribution is -0.121. The maximum absolute atomic E-state index is 11.5. The number of unbranched alkanes of at least 4 members (excludes halogenated alkanes) is 2. The van der Waals surface area contributed by atoms with Crippen molar-refractivity contribution < 1.29 is 14.6 Å². The predicted octanol–water partition coefficient (Wildman–Crippen LogP) is 1.71. The average molecular weight is 308 g/mol. The van der Waals surface area contributed by atoms with Crippen molar-refractivity contribution in [2.75, 3.05) is 26.2 Å². The van der Waals surface area contributed by atoms with Gasteiger partial charge >= 0.3 is 0 Å². The van der Waals surface area contributed by atoms with Crippen molar-refractivity contribution >= 4 is 5.91 Å². The van der Waals surface area contributed by atoms with Gasteiger partial charge in [0.25, 0.3) is 0 Å². The minimum atomic E-state index is -0.569. The topological polar surface area (TPSA) is 70.6 Å². The molecule has 0 aliphatic carbocycles. The van der Waals surface area contributed by atoms with Crippen molar-refractivity contribution in [1.82, 2.24) is 10.6 Å². The van der Waals surface area contributed by atoms with E-state index in [1.165, 1.54) is 0 Å². The lowest BCUT2D eigenvalue weighted by Crippen LogP contribution is -2.37.